The lowest BCUT2D eigenvalue weighted by Gasteiger charge is -2.26. The van der Waals surface area contributed by atoms with E-state index in [0.717, 1.165) is 31.0 Å². The van der Waals surface area contributed by atoms with Crippen LogP contribution in [0.15, 0.2) is 40.7 Å². The molecule has 0 amide bonds. The van der Waals surface area contributed by atoms with Gasteiger partial charge in [0.2, 0.25) is 10.9 Å². The van der Waals surface area contributed by atoms with Gasteiger partial charge in [0.05, 0.1) is 46.7 Å². The topological polar surface area (TPSA) is 128 Å². The minimum Gasteiger partial charge on any atom is -0.496 e. The first-order chi connectivity index (χ1) is 20.9. The van der Waals surface area contributed by atoms with E-state index < -0.39 is 0 Å². The lowest BCUT2D eigenvalue weighted by Crippen LogP contribution is -2.18. The van der Waals surface area contributed by atoms with Crippen molar-refractivity contribution in [3.63, 3.8) is 0 Å². The lowest BCUT2D eigenvalue weighted by atomic mass is 9.88. The number of nitrogens with zero attached hydrogens (tertiary/aromatic N) is 2. The van der Waals surface area contributed by atoms with E-state index in [4.69, 9.17) is 23.7 Å². The van der Waals surface area contributed by atoms with E-state index in [2.05, 4.69) is 17.2 Å². The third kappa shape index (κ3) is 7.76. The number of oxime groups is 2. The molecule has 0 bridgehead atoms. The van der Waals surface area contributed by atoms with Gasteiger partial charge < -0.3 is 34.1 Å². The zero-order valence-electron chi connectivity index (χ0n) is 25.8. The summed E-state index contributed by atoms with van der Waals surface area (Å²) >= 11 is 1.16. The van der Waals surface area contributed by atoms with E-state index in [1.54, 1.807) is 18.2 Å². The van der Waals surface area contributed by atoms with Crippen LogP contribution in [-0.2, 0) is 0 Å². The molecule has 0 aliphatic heterocycles. The highest BCUT2D eigenvalue weighted by molar-refractivity contribution is 8.14. The van der Waals surface area contributed by atoms with Crippen molar-refractivity contribution in [1.82, 2.24) is 0 Å². The number of rotatable bonds is 16. The highest BCUT2D eigenvalue weighted by atomic mass is 32.2. The Labute approximate surface area is 257 Å². The number of thioether (sulfide) groups is 1. The maximum Gasteiger partial charge on any atom is 0.220 e. The number of carbonyl (C=O) groups excluding carboxylic acids is 1. The summed E-state index contributed by atoms with van der Waals surface area (Å²) in [6, 6.07) is 5.08. The van der Waals surface area contributed by atoms with Gasteiger partial charge in [-0.1, -0.05) is 73.9 Å². The maximum atomic E-state index is 13.8. The number of allylic oxidation sites excluding steroid dienone is 2. The van der Waals surface area contributed by atoms with Crippen molar-refractivity contribution < 1.29 is 38.9 Å². The number of methoxy groups -OCH3 is 5. The zero-order valence-corrected chi connectivity index (χ0v) is 26.6. The van der Waals surface area contributed by atoms with Crippen molar-refractivity contribution in [1.29, 1.82) is 0 Å². The summed E-state index contributed by atoms with van der Waals surface area (Å²) in [4.78, 5) is 13.8. The van der Waals surface area contributed by atoms with Crippen LogP contribution in [0.1, 0.15) is 90.6 Å². The molecule has 11 heteroatoms. The van der Waals surface area contributed by atoms with E-state index in [0.29, 0.717) is 57.4 Å². The number of unbranched alkanes of at least 4 members (excludes halogenated alkanes) is 6. The van der Waals surface area contributed by atoms with E-state index >= 15 is 0 Å². The van der Waals surface area contributed by atoms with Crippen LogP contribution in [0.25, 0.3) is 0 Å². The highest BCUT2D eigenvalue weighted by Gasteiger charge is 2.32. The van der Waals surface area contributed by atoms with Gasteiger partial charge >= 0.3 is 0 Å². The summed E-state index contributed by atoms with van der Waals surface area (Å²) in [5.41, 5.74) is 2.38. The van der Waals surface area contributed by atoms with Gasteiger partial charge in [0.15, 0.2) is 11.5 Å². The molecular weight excluding hydrogens is 572 g/mol. The smallest absolute Gasteiger partial charge is 0.220 e. The van der Waals surface area contributed by atoms with Crippen molar-refractivity contribution in [2.24, 2.45) is 10.3 Å². The average molecular weight is 615 g/mol. The van der Waals surface area contributed by atoms with Crippen LogP contribution < -0.4 is 23.7 Å². The molecule has 1 unspecified atom stereocenters. The van der Waals surface area contributed by atoms with Crippen LogP contribution in [-0.4, -0.2) is 62.5 Å². The standard InChI is InChI=1S/C32H42N2O8S/c1-7-8-9-10-11-12-13-14-27(43-32(35)20-17-25(39-3)31(42-6)26(18-20)40-4)21-19-24(38-2)28-22(33-36)15-16-23(34-37)29(28)30(21)41-5/h15-19,27,36-37H,7-14H2,1-6H3. The van der Waals surface area contributed by atoms with Crippen LogP contribution in [0.4, 0.5) is 0 Å². The van der Waals surface area contributed by atoms with E-state index in [-0.39, 0.29) is 21.8 Å². The second-order valence-electron chi connectivity index (χ2n) is 9.97. The first-order valence-corrected chi connectivity index (χ1v) is 15.2. The van der Waals surface area contributed by atoms with Gasteiger partial charge in [0.25, 0.3) is 0 Å². The Hall–Kier alpha value is -3.86. The van der Waals surface area contributed by atoms with Crippen LogP contribution in [0.5, 0.6) is 28.7 Å². The number of fused-ring (bicyclic) bond motifs is 1. The predicted molar refractivity (Wildman–Crippen MR) is 169 cm³/mol. The third-order valence-electron chi connectivity index (χ3n) is 7.39. The normalized spacial score (nSPS) is 14.8. The van der Waals surface area contributed by atoms with Crippen molar-refractivity contribution in [2.75, 3.05) is 35.5 Å². The summed E-state index contributed by atoms with van der Waals surface area (Å²) in [7, 11) is 7.55. The summed E-state index contributed by atoms with van der Waals surface area (Å²) in [5.74, 6) is 1.97. The number of benzene rings is 2. The second kappa shape index (κ2) is 16.7. The van der Waals surface area contributed by atoms with Crippen LogP contribution in [0, 0.1) is 0 Å². The van der Waals surface area contributed by atoms with Crippen molar-refractivity contribution in [3.05, 3.63) is 52.6 Å². The molecule has 43 heavy (non-hydrogen) atoms. The number of ether oxygens (including phenoxy) is 5. The Balaban J connectivity index is 2.08. The number of hydrogen-bond acceptors (Lipinski definition) is 11. The first-order valence-electron chi connectivity index (χ1n) is 14.3. The SMILES string of the molecule is CCCCCCCCCC(SC(=O)c1cc(OC)c(OC)c(OC)c1)c1cc(OC)c2c(c1OC)C(=NO)C=CC2=NO. The summed E-state index contributed by atoms with van der Waals surface area (Å²) in [5, 5.41) is 25.9. The lowest BCUT2D eigenvalue weighted by molar-refractivity contribution is 0.108. The quantitative estimate of drug-likeness (QED) is 0.113. The molecule has 2 aromatic rings. The summed E-state index contributed by atoms with van der Waals surface area (Å²) < 4.78 is 28.0. The molecule has 0 saturated heterocycles. The predicted octanol–water partition coefficient (Wildman–Crippen LogP) is 7.41. The molecule has 1 aliphatic rings. The van der Waals surface area contributed by atoms with Crippen LogP contribution in [0.2, 0.25) is 0 Å². The van der Waals surface area contributed by atoms with Crippen LogP contribution in [0.3, 0.4) is 0 Å². The fourth-order valence-electron chi connectivity index (χ4n) is 5.23. The summed E-state index contributed by atoms with van der Waals surface area (Å²) in [6.45, 7) is 2.20. The Morgan fingerprint density at radius 2 is 1.26 bits per heavy atom. The van der Waals surface area contributed by atoms with E-state index in [1.165, 1.54) is 73.4 Å². The van der Waals surface area contributed by atoms with Gasteiger partial charge in [-0.25, -0.2) is 0 Å². The summed E-state index contributed by atoms with van der Waals surface area (Å²) in [6.07, 6.45) is 11.6. The van der Waals surface area contributed by atoms with E-state index in [9.17, 15) is 15.2 Å². The molecule has 0 heterocycles. The molecule has 0 spiro atoms. The molecule has 3 rings (SSSR count). The molecular formula is C32H42N2O8S. The van der Waals surface area contributed by atoms with Gasteiger partial charge in [-0.15, -0.1) is 0 Å². The van der Waals surface area contributed by atoms with Crippen molar-refractivity contribution in [3.8, 4) is 28.7 Å². The van der Waals surface area contributed by atoms with Gasteiger partial charge in [-0.3, -0.25) is 4.79 Å². The molecule has 0 saturated carbocycles. The van der Waals surface area contributed by atoms with Gasteiger partial charge in [0, 0.05) is 16.4 Å². The largest absolute Gasteiger partial charge is 0.496 e. The molecule has 1 aliphatic carbocycles. The highest BCUT2D eigenvalue weighted by Crippen LogP contribution is 2.47. The monoisotopic (exact) mass is 614 g/mol. The molecule has 2 N–H and O–H groups in total. The van der Waals surface area contributed by atoms with E-state index in [1.807, 2.05) is 0 Å². The average Bonchev–Trinajstić information content (AvgIpc) is 3.04. The Morgan fingerprint density at radius 1 is 0.721 bits per heavy atom. The second-order valence-corrected chi connectivity index (χ2v) is 11.1. The molecule has 0 radical (unpaired) electrons. The third-order valence-corrected chi connectivity index (χ3v) is 8.61. The van der Waals surface area contributed by atoms with Gasteiger partial charge in [-0.2, -0.15) is 0 Å². The van der Waals surface area contributed by atoms with Crippen molar-refractivity contribution in [2.45, 2.75) is 63.5 Å². The fourth-order valence-corrected chi connectivity index (χ4v) is 6.33. The molecule has 0 aromatic heterocycles. The first kappa shape index (κ1) is 33.6. The fraction of sp³-hybridized carbons (Fsp3) is 0.469. The minimum absolute atomic E-state index is 0.195. The Kier molecular flexibility index (Phi) is 13.1. The maximum absolute atomic E-state index is 13.8. The molecule has 234 valence electrons. The molecule has 1 atom stereocenters. The van der Waals surface area contributed by atoms with Gasteiger partial charge in [-0.05, 0) is 36.8 Å². The van der Waals surface area contributed by atoms with Gasteiger partial charge in [0.1, 0.15) is 22.9 Å². The Morgan fingerprint density at radius 3 is 1.77 bits per heavy atom. The van der Waals surface area contributed by atoms with Crippen molar-refractivity contribution >= 4 is 28.3 Å². The number of carbonyl (C=O) groups is 1. The Bertz CT molecular complexity index is 1330. The molecule has 0 fully saturated rings. The zero-order chi connectivity index (χ0) is 31.4. The number of hydrogen-bond donors (Lipinski definition) is 2. The van der Waals surface area contributed by atoms with Crippen LogP contribution >= 0.6 is 11.8 Å². The molecule has 10 nitrogen and oxygen atoms in total. The minimum atomic E-state index is -0.350. The molecule has 2 aromatic carbocycles.